The Labute approximate surface area is 95.8 Å². The highest BCUT2D eigenvalue weighted by molar-refractivity contribution is 5.72. The topological polar surface area (TPSA) is 29.1 Å². The van der Waals surface area contributed by atoms with Gasteiger partial charge in [0.25, 0.3) is 0 Å². The van der Waals surface area contributed by atoms with Crippen molar-refractivity contribution in [3.63, 3.8) is 0 Å². The van der Waals surface area contributed by atoms with Crippen molar-refractivity contribution >= 4 is 5.91 Å². The van der Waals surface area contributed by atoms with E-state index in [1.807, 2.05) is 13.8 Å². The smallest absolute Gasteiger partial charge is 0.216 e. The summed E-state index contributed by atoms with van der Waals surface area (Å²) in [6, 6.07) is 0. The van der Waals surface area contributed by atoms with Crippen LogP contribution in [0.2, 0.25) is 0 Å². The van der Waals surface area contributed by atoms with E-state index in [1.54, 1.807) is 6.92 Å². The van der Waals surface area contributed by atoms with Crippen molar-refractivity contribution in [1.29, 1.82) is 0 Å². The first-order valence-corrected chi connectivity index (χ1v) is 6.30. The van der Waals surface area contributed by atoms with Gasteiger partial charge in [-0.05, 0) is 18.3 Å². The number of hydrogen-bond donors (Lipinski definition) is 1. The third-order valence-electron chi connectivity index (χ3n) is 2.37. The van der Waals surface area contributed by atoms with E-state index < -0.39 is 0 Å². The van der Waals surface area contributed by atoms with E-state index in [0.29, 0.717) is 5.92 Å². The summed E-state index contributed by atoms with van der Waals surface area (Å²) >= 11 is 0. The molecule has 15 heavy (non-hydrogen) atoms. The van der Waals surface area contributed by atoms with Crippen LogP contribution in [0.1, 0.15) is 60.8 Å². The van der Waals surface area contributed by atoms with Crippen molar-refractivity contribution in [3.8, 4) is 0 Å². The summed E-state index contributed by atoms with van der Waals surface area (Å²) in [5, 5.41) is 2.88. The Morgan fingerprint density at radius 2 is 1.73 bits per heavy atom. The minimum absolute atomic E-state index is 0.0861. The molecule has 0 fully saturated rings. The van der Waals surface area contributed by atoms with Gasteiger partial charge in [0.2, 0.25) is 5.91 Å². The second-order valence-electron chi connectivity index (χ2n) is 4.18. The van der Waals surface area contributed by atoms with E-state index in [4.69, 9.17) is 0 Å². The molecule has 0 saturated carbocycles. The van der Waals surface area contributed by atoms with E-state index in [0.717, 1.165) is 18.9 Å². The molecule has 92 valence electrons. The fourth-order valence-corrected chi connectivity index (χ4v) is 1.31. The molecule has 0 saturated heterocycles. The first-order chi connectivity index (χ1) is 7.06. The Hall–Kier alpha value is -0.530. The van der Waals surface area contributed by atoms with Crippen molar-refractivity contribution in [2.75, 3.05) is 6.54 Å². The lowest BCUT2D eigenvalue weighted by atomic mass is 9.96. The van der Waals surface area contributed by atoms with Gasteiger partial charge in [0.15, 0.2) is 0 Å². The summed E-state index contributed by atoms with van der Waals surface area (Å²) in [6.45, 7) is 13.1. The highest BCUT2D eigenvalue weighted by Gasteiger charge is 2.07. The van der Waals surface area contributed by atoms with Gasteiger partial charge in [0.1, 0.15) is 0 Å². The summed E-state index contributed by atoms with van der Waals surface area (Å²) in [5.41, 5.74) is 0. The zero-order valence-electron chi connectivity index (χ0n) is 11.4. The Kier molecular flexibility index (Phi) is 13.0. The van der Waals surface area contributed by atoms with Gasteiger partial charge in [0.05, 0.1) is 0 Å². The number of nitrogens with one attached hydrogen (secondary N) is 1. The Balaban J connectivity index is 0. The standard InChI is InChI=1S/C11H23NO.C2H6/c1-5-11(7-6-9(2)3)8-12-10(4)13;1-2/h9,11H,5-8H2,1-4H3,(H,12,13);1-2H3. The van der Waals surface area contributed by atoms with Gasteiger partial charge in [0, 0.05) is 13.5 Å². The predicted octanol–water partition coefficient (Wildman–Crippen LogP) is 3.61. The summed E-state index contributed by atoms with van der Waals surface area (Å²) in [6.07, 6.45) is 3.65. The van der Waals surface area contributed by atoms with Crippen molar-refractivity contribution in [1.82, 2.24) is 5.32 Å². The highest BCUT2D eigenvalue weighted by Crippen LogP contribution is 2.14. The monoisotopic (exact) mass is 215 g/mol. The summed E-state index contributed by atoms with van der Waals surface area (Å²) < 4.78 is 0. The number of carbonyl (C=O) groups is 1. The molecule has 0 aromatic heterocycles. The van der Waals surface area contributed by atoms with E-state index in [-0.39, 0.29) is 5.91 Å². The zero-order chi connectivity index (χ0) is 12.3. The van der Waals surface area contributed by atoms with Crippen LogP contribution in [0, 0.1) is 11.8 Å². The minimum Gasteiger partial charge on any atom is -0.356 e. The molecular formula is C13H29NO. The Morgan fingerprint density at radius 3 is 2.07 bits per heavy atom. The van der Waals surface area contributed by atoms with Crippen LogP contribution in [0.25, 0.3) is 0 Å². The van der Waals surface area contributed by atoms with Crippen molar-refractivity contribution in [3.05, 3.63) is 0 Å². The molecule has 0 bridgehead atoms. The van der Waals surface area contributed by atoms with Gasteiger partial charge >= 0.3 is 0 Å². The van der Waals surface area contributed by atoms with Crippen LogP contribution in [-0.2, 0) is 4.79 Å². The second-order valence-corrected chi connectivity index (χ2v) is 4.18. The normalized spacial score (nSPS) is 11.7. The molecule has 1 N–H and O–H groups in total. The molecule has 2 heteroatoms. The van der Waals surface area contributed by atoms with Crippen LogP contribution in [0.5, 0.6) is 0 Å². The second kappa shape index (κ2) is 11.5. The van der Waals surface area contributed by atoms with E-state index in [2.05, 4.69) is 26.1 Å². The van der Waals surface area contributed by atoms with Gasteiger partial charge in [-0.15, -0.1) is 0 Å². The Bertz CT molecular complexity index is 143. The number of carbonyl (C=O) groups excluding carboxylic acids is 1. The molecular weight excluding hydrogens is 186 g/mol. The van der Waals surface area contributed by atoms with Crippen LogP contribution < -0.4 is 5.32 Å². The molecule has 0 radical (unpaired) electrons. The molecule has 1 amide bonds. The quantitative estimate of drug-likeness (QED) is 0.720. The zero-order valence-corrected chi connectivity index (χ0v) is 11.4. The van der Waals surface area contributed by atoms with Crippen LogP contribution in [0.15, 0.2) is 0 Å². The maximum absolute atomic E-state index is 10.7. The fraction of sp³-hybridized carbons (Fsp3) is 0.923. The summed E-state index contributed by atoms with van der Waals surface area (Å²) in [4.78, 5) is 10.7. The summed E-state index contributed by atoms with van der Waals surface area (Å²) in [7, 11) is 0. The van der Waals surface area contributed by atoms with Crippen LogP contribution in [0.3, 0.4) is 0 Å². The lowest BCUT2D eigenvalue weighted by molar-refractivity contribution is -0.119. The maximum atomic E-state index is 10.7. The molecule has 1 unspecified atom stereocenters. The van der Waals surface area contributed by atoms with Crippen LogP contribution >= 0.6 is 0 Å². The van der Waals surface area contributed by atoms with Crippen LogP contribution in [0.4, 0.5) is 0 Å². The van der Waals surface area contributed by atoms with Gasteiger partial charge in [-0.2, -0.15) is 0 Å². The van der Waals surface area contributed by atoms with E-state index in [9.17, 15) is 4.79 Å². The maximum Gasteiger partial charge on any atom is 0.216 e. The number of rotatable bonds is 6. The summed E-state index contributed by atoms with van der Waals surface area (Å²) in [5.74, 6) is 1.51. The van der Waals surface area contributed by atoms with Gasteiger partial charge < -0.3 is 5.32 Å². The lowest BCUT2D eigenvalue weighted by Crippen LogP contribution is -2.26. The molecule has 0 rings (SSSR count). The van der Waals surface area contributed by atoms with Crippen molar-refractivity contribution in [2.24, 2.45) is 11.8 Å². The molecule has 0 aromatic rings. The first-order valence-electron chi connectivity index (χ1n) is 6.30. The van der Waals surface area contributed by atoms with Crippen molar-refractivity contribution < 1.29 is 4.79 Å². The number of amides is 1. The predicted molar refractivity (Wildman–Crippen MR) is 67.9 cm³/mol. The van der Waals surface area contributed by atoms with E-state index in [1.165, 1.54) is 12.8 Å². The molecule has 0 spiro atoms. The molecule has 0 aliphatic carbocycles. The fourth-order valence-electron chi connectivity index (χ4n) is 1.31. The molecule has 0 aromatic carbocycles. The first kappa shape index (κ1) is 16.9. The molecule has 2 nitrogen and oxygen atoms in total. The van der Waals surface area contributed by atoms with Gasteiger partial charge in [-0.1, -0.05) is 47.5 Å². The average Bonchev–Trinajstić information content (AvgIpc) is 2.20. The highest BCUT2D eigenvalue weighted by atomic mass is 16.1. The molecule has 1 atom stereocenters. The third kappa shape index (κ3) is 13.5. The molecule has 0 aliphatic heterocycles. The van der Waals surface area contributed by atoms with Gasteiger partial charge in [-0.3, -0.25) is 4.79 Å². The SMILES string of the molecule is CC.CCC(CCC(C)C)CNC(C)=O. The van der Waals surface area contributed by atoms with Crippen molar-refractivity contribution in [2.45, 2.75) is 60.8 Å². The average molecular weight is 215 g/mol. The third-order valence-corrected chi connectivity index (χ3v) is 2.37. The lowest BCUT2D eigenvalue weighted by Gasteiger charge is -2.15. The van der Waals surface area contributed by atoms with Crippen LogP contribution in [-0.4, -0.2) is 12.5 Å². The number of hydrogen-bond acceptors (Lipinski definition) is 1. The molecule has 0 heterocycles. The van der Waals surface area contributed by atoms with E-state index >= 15 is 0 Å². The largest absolute Gasteiger partial charge is 0.356 e. The Morgan fingerprint density at radius 1 is 1.20 bits per heavy atom. The minimum atomic E-state index is 0.0861. The van der Waals surface area contributed by atoms with Gasteiger partial charge in [-0.25, -0.2) is 0 Å². The molecule has 0 aliphatic rings.